The lowest BCUT2D eigenvalue weighted by molar-refractivity contribution is -0.137. The van der Waals surface area contributed by atoms with Gasteiger partial charge in [0.25, 0.3) is 0 Å². The van der Waals surface area contributed by atoms with Crippen LogP contribution in [0.2, 0.25) is 0 Å². The standard InChI is InChI=1S/C19H34N2O2/c1-2-3-14-20-18(22)12-6-7-13-19(23)21-15-8-10-16-9-4-5-11-17(16)21/h16-17H,2-15H2,1H3,(H,20,22). The molecule has 4 heteroatoms. The molecule has 23 heavy (non-hydrogen) atoms. The number of carbonyl (C=O) groups is 2. The number of hydrogen-bond donors (Lipinski definition) is 1. The summed E-state index contributed by atoms with van der Waals surface area (Å²) in [5.74, 6) is 1.22. The Morgan fingerprint density at radius 1 is 1.00 bits per heavy atom. The van der Waals surface area contributed by atoms with Gasteiger partial charge in [0.2, 0.25) is 11.8 Å². The number of fused-ring (bicyclic) bond motifs is 1. The van der Waals surface area contributed by atoms with E-state index in [1.165, 1.54) is 38.5 Å². The van der Waals surface area contributed by atoms with Gasteiger partial charge in [0, 0.05) is 32.0 Å². The van der Waals surface area contributed by atoms with Crippen molar-refractivity contribution in [2.45, 2.75) is 90.0 Å². The van der Waals surface area contributed by atoms with Crippen LogP contribution in [0.5, 0.6) is 0 Å². The molecule has 1 aliphatic heterocycles. The van der Waals surface area contributed by atoms with E-state index in [9.17, 15) is 9.59 Å². The van der Waals surface area contributed by atoms with Crippen molar-refractivity contribution in [1.82, 2.24) is 10.2 Å². The summed E-state index contributed by atoms with van der Waals surface area (Å²) in [5, 5.41) is 2.94. The molecule has 1 heterocycles. The predicted molar refractivity (Wildman–Crippen MR) is 93.1 cm³/mol. The highest BCUT2D eigenvalue weighted by Crippen LogP contribution is 2.35. The zero-order chi connectivity index (χ0) is 16.5. The summed E-state index contributed by atoms with van der Waals surface area (Å²) in [5.41, 5.74) is 0. The van der Waals surface area contributed by atoms with Crippen molar-refractivity contribution in [2.75, 3.05) is 13.1 Å². The van der Waals surface area contributed by atoms with Crippen LogP contribution in [0.4, 0.5) is 0 Å². The molecule has 0 radical (unpaired) electrons. The van der Waals surface area contributed by atoms with Gasteiger partial charge >= 0.3 is 0 Å². The van der Waals surface area contributed by atoms with Gasteiger partial charge in [-0.15, -0.1) is 0 Å². The average Bonchev–Trinajstić information content (AvgIpc) is 2.58. The van der Waals surface area contributed by atoms with Crippen molar-refractivity contribution in [1.29, 1.82) is 0 Å². The summed E-state index contributed by atoms with van der Waals surface area (Å²) in [4.78, 5) is 26.4. The second-order valence-electron chi connectivity index (χ2n) is 7.25. The Morgan fingerprint density at radius 3 is 2.57 bits per heavy atom. The summed E-state index contributed by atoms with van der Waals surface area (Å²) in [6.45, 7) is 3.86. The van der Waals surface area contributed by atoms with Gasteiger partial charge in [0.1, 0.15) is 0 Å². The van der Waals surface area contributed by atoms with Gasteiger partial charge in [0.15, 0.2) is 0 Å². The molecule has 2 amide bonds. The molecule has 2 rings (SSSR count). The molecule has 0 spiro atoms. The number of nitrogens with zero attached hydrogens (tertiary/aromatic N) is 1. The van der Waals surface area contributed by atoms with Crippen molar-refractivity contribution >= 4 is 11.8 Å². The maximum atomic E-state index is 12.5. The van der Waals surface area contributed by atoms with E-state index >= 15 is 0 Å². The van der Waals surface area contributed by atoms with Crippen LogP contribution in [0.15, 0.2) is 0 Å². The SMILES string of the molecule is CCCCNC(=O)CCCCC(=O)N1CCCC2CCCCC21. The number of nitrogens with one attached hydrogen (secondary N) is 1. The lowest BCUT2D eigenvalue weighted by Crippen LogP contribution is -2.49. The molecule has 0 aromatic heterocycles. The van der Waals surface area contributed by atoms with E-state index in [-0.39, 0.29) is 5.91 Å². The fourth-order valence-corrected chi connectivity index (χ4v) is 4.13. The zero-order valence-corrected chi connectivity index (χ0v) is 14.8. The van der Waals surface area contributed by atoms with Crippen LogP contribution in [-0.4, -0.2) is 35.8 Å². The molecule has 1 saturated heterocycles. The van der Waals surface area contributed by atoms with Gasteiger partial charge in [-0.25, -0.2) is 0 Å². The van der Waals surface area contributed by atoms with Crippen LogP contribution < -0.4 is 5.32 Å². The highest BCUT2D eigenvalue weighted by molar-refractivity contribution is 5.77. The van der Waals surface area contributed by atoms with E-state index in [0.717, 1.165) is 44.7 Å². The Hall–Kier alpha value is -1.06. The van der Waals surface area contributed by atoms with Crippen molar-refractivity contribution in [3.63, 3.8) is 0 Å². The highest BCUT2D eigenvalue weighted by atomic mass is 16.2. The van der Waals surface area contributed by atoms with Crippen LogP contribution in [-0.2, 0) is 9.59 Å². The monoisotopic (exact) mass is 322 g/mol. The maximum Gasteiger partial charge on any atom is 0.222 e. The van der Waals surface area contributed by atoms with Crippen LogP contribution in [0.1, 0.15) is 84.0 Å². The first-order chi connectivity index (χ1) is 11.2. The van der Waals surface area contributed by atoms with Crippen LogP contribution in [0.3, 0.4) is 0 Å². The van der Waals surface area contributed by atoms with Crippen LogP contribution in [0, 0.1) is 5.92 Å². The summed E-state index contributed by atoms with van der Waals surface area (Å²) >= 11 is 0. The Balaban J connectivity index is 1.63. The Bertz CT molecular complexity index is 382. The fourth-order valence-electron chi connectivity index (χ4n) is 4.13. The van der Waals surface area contributed by atoms with Gasteiger partial charge in [-0.3, -0.25) is 9.59 Å². The minimum absolute atomic E-state index is 0.135. The Labute approximate surface area is 141 Å². The van der Waals surface area contributed by atoms with Crippen molar-refractivity contribution in [3.05, 3.63) is 0 Å². The number of unbranched alkanes of at least 4 members (excludes halogenated alkanes) is 2. The average molecular weight is 322 g/mol. The molecule has 1 saturated carbocycles. The lowest BCUT2D eigenvalue weighted by Gasteiger charge is -2.44. The molecular weight excluding hydrogens is 288 g/mol. The molecule has 2 aliphatic rings. The fraction of sp³-hybridized carbons (Fsp3) is 0.895. The number of carbonyl (C=O) groups excluding carboxylic acids is 2. The lowest BCUT2D eigenvalue weighted by atomic mass is 9.78. The molecular formula is C19H34N2O2. The second-order valence-corrected chi connectivity index (χ2v) is 7.25. The quantitative estimate of drug-likeness (QED) is 0.694. The van der Waals surface area contributed by atoms with E-state index in [0.29, 0.717) is 24.8 Å². The summed E-state index contributed by atoms with van der Waals surface area (Å²) in [6.07, 6.45) is 12.6. The molecule has 4 nitrogen and oxygen atoms in total. The predicted octanol–water partition coefficient (Wildman–Crippen LogP) is 3.64. The van der Waals surface area contributed by atoms with E-state index in [2.05, 4.69) is 17.1 Å². The third-order valence-corrected chi connectivity index (χ3v) is 5.46. The second kappa shape index (κ2) is 9.94. The largest absolute Gasteiger partial charge is 0.356 e. The first-order valence-electron chi connectivity index (χ1n) is 9.78. The topological polar surface area (TPSA) is 49.4 Å². The van der Waals surface area contributed by atoms with E-state index in [1.54, 1.807) is 0 Å². The molecule has 0 bridgehead atoms. The first kappa shape index (κ1) is 18.3. The summed E-state index contributed by atoms with van der Waals surface area (Å²) < 4.78 is 0. The Kier molecular flexibility index (Phi) is 7.90. The molecule has 1 aliphatic carbocycles. The molecule has 0 aromatic carbocycles. The maximum absolute atomic E-state index is 12.5. The number of hydrogen-bond acceptors (Lipinski definition) is 2. The van der Waals surface area contributed by atoms with E-state index < -0.39 is 0 Å². The number of piperidine rings is 1. The molecule has 2 unspecified atom stereocenters. The smallest absolute Gasteiger partial charge is 0.222 e. The number of likely N-dealkylation sites (tertiary alicyclic amines) is 1. The molecule has 0 aromatic rings. The van der Waals surface area contributed by atoms with Gasteiger partial charge in [-0.1, -0.05) is 26.2 Å². The molecule has 2 atom stereocenters. The van der Waals surface area contributed by atoms with Gasteiger partial charge in [0.05, 0.1) is 0 Å². The van der Waals surface area contributed by atoms with Gasteiger partial charge < -0.3 is 10.2 Å². The highest BCUT2D eigenvalue weighted by Gasteiger charge is 2.35. The van der Waals surface area contributed by atoms with Crippen LogP contribution in [0.25, 0.3) is 0 Å². The third kappa shape index (κ3) is 5.82. The van der Waals surface area contributed by atoms with Gasteiger partial charge in [-0.05, 0) is 50.9 Å². The van der Waals surface area contributed by atoms with E-state index in [1.807, 2.05) is 0 Å². The number of amides is 2. The van der Waals surface area contributed by atoms with Crippen molar-refractivity contribution < 1.29 is 9.59 Å². The Morgan fingerprint density at radius 2 is 1.74 bits per heavy atom. The summed E-state index contributed by atoms with van der Waals surface area (Å²) in [6, 6.07) is 0.516. The van der Waals surface area contributed by atoms with Crippen LogP contribution >= 0.6 is 0 Å². The van der Waals surface area contributed by atoms with E-state index in [4.69, 9.17) is 0 Å². The minimum Gasteiger partial charge on any atom is -0.356 e. The summed E-state index contributed by atoms with van der Waals surface area (Å²) in [7, 11) is 0. The van der Waals surface area contributed by atoms with Gasteiger partial charge in [-0.2, -0.15) is 0 Å². The zero-order valence-electron chi connectivity index (χ0n) is 14.8. The van der Waals surface area contributed by atoms with Crippen molar-refractivity contribution in [2.24, 2.45) is 5.92 Å². The molecule has 1 N–H and O–H groups in total. The molecule has 132 valence electrons. The third-order valence-electron chi connectivity index (χ3n) is 5.46. The first-order valence-corrected chi connectivity index (χ1v) is 9.78. The minimum atomic E-state index is 0.135. The molecule has 2 fully saturated rings. The van der Waals surface area contributed by atoms with Crippen molar-refractivity contribution in [3.8, 4) is 0 Å². The number of rotatable bonds is 8. The normalized spacial score (nSPS) is 24.1.